The summed E-state index contributed by atoms with van der Waals surface area (Å²) >= 11 is 0. The van der Waals surface area contributed by atoms with Gasteiger partial charge in [-0.2, -0.15) is 4.31 Å². The van der Waals surface area contributed by atoms with Crippen LogP contribution in [0.4, 0.5) is 4.39 Å². The Morgan fingerprint density at radius 2 is 1.65 bits per heavy atom. The highest BCUT2D eigenvalue weighted by Crippen LogP contribution is 2.40. The summed E-state index contributed by atoms with van der Waals surface area (Å²) in [5.41, 5.74) is 3.72. The molecule has 0 saturated carbocycles. The molecule has 1 aliphatic heterocycles. The first-order valence-corrected chi connectivity index (χ1v) is 11.5. The van der Waals surface area contributed by atoms with Gasteiger partial charge < -0.3 is 4.74 Å². The Bertz CT molecular complexity index is 1200. The van der Waals surface area contributed by atoms with Crippen LogP contribution < -0.4 is 4.74 Å². The molecule has 0 fully saturated rings. The van der Waals surface area contributed by atoms with Crippen molar-refractivity contribution in [1.82, 2.24) is 4.31 Å². The van der Waals surface area contributed by atoms with E-state index >= 15 is 0 Å². The first kappa shape index (κ1) is 21.3. The number of sulfonamides is 1. The highest BCUT2D eigenvalue weighted by Gasteiger charge is 2.33. The number of benzene rings is 3. The van der Waals surface area contributed by atoms with Crippen LogP contribution in [0, 0.1) is 12.7 Å². The van der Waals surface area contributed by atoms with Crippen molar-refractivity contribution in [2.45, 2.75) is 17.7 Å². The minimum absolute atomic E-state index is 0.245. The van der Waals surface area contributed by atoms with Gasteiger partial charge in [0.1, 0.15) is 11.6 Å². The Kier molecular flexibility index (Phi) is 5.94. The van der Waals surface area contributed by atoms with Gasteiger partial charge in [0.05, 0.1) is 12.0 Å². The van der Waals surface area contributed by atoms with E-state index in [-0.39, 0.29) is 29.7 Å². The summed E-state index contributed by atoms with van der Waals surface area (Å²) < 4.78 is 47.2. The number of nitrogens with zero attached hydrogens (tertiary/aromatic N) is 1. The number of methoxy groups -OCH3 is 1. The fraction of sp³-hybridized carbons (Fsp3) is 0.200. The van der Waals surface area contributed by atoms with E-state index in [2.05, 4.69) is 0 Å². The quantitative estimate of drug-likeness (QED) is 0.563. The molecule has 6 heteroatoms. The molecule has 1 unspecified atom stereocenters. The molecule has 4 nitrogen and oxygen atoms in total. The van der Waals surface area contributed by atoms with Crippen LogP contribution in [0.25, 0.3) is 5.57 Å². The molecule has 0 saturated heterocycles. The monoisotopic (exact) mass is 437 g/mol. The van der Waals surface area contributed by atoms with Crippen molar-refractivity contribution < 1.29 is 17.5 Å². The molecule has 0 radical (unpaired) electrons. The van der Waals surface area contributed by atoms with Crippen molar-refractivity contribution in [2.24, 2.45) is 0 Å². The van der Waals surface area contributed by atoms with Crippen LogP contribution in [0.3, 0.4) is 0 Å². The summed E-state index contributed by atoms with van der Waals surface area (Å²) in [6.07, 6.45) is 1.92. The molecule has 0 spiro atoms. The van der Waals surface area contributed by atoms with Gasteiger partial charge in [0.2, 0.25) is 10.0 Å². The summed E-state index contributed by atoms with van der Waals surface area (Å²) in [7, 11) is -2.06. The first-order chi connectivity index (χ1) is 14.9. The second-order valence-electron chi connectivity index (χ2n) is 7.60. The van der Waals surface area contributed by atoms with Gasteiger partial charge in [0.25, 0.3) is 0 Å². The topological polar surface area (TPSA) is 46.6 Å². The Labute approximate surface area is 182 Å². The van der Waals surface area contributed by atoms with Gasteiger partial charge in [-0.05, 0) is 48.4 Å². The summed E-state index contributed by atoms with van der Waals surface area (Å²) in [5, 5.41) is 0. The van der Waals surface area contributed by atoms with Crippen molar-refractivity contribution in [2.75, 3.05) is 20.2 Å². The first-order valence-electron chi connectivity index (χ1n) is 10.1. The van der Waals surface area contributed by atoms with E-state index in [1.54, 1.807) is 43.5 Å². The van der Waals surface area contributed by atoms with Gasteiger partial charge in [-0.1, -0.05) is 54.1 Å². The fourth-order valence-corrected chi connectivity index (χ4v) is 5.35. The van der Waals surface area contributed by atoms with Crippen molar-refractivity contribution in [3.05, 3.63) is 101 Å². The summed E-state index contributed by atoms with van der Waals surface area (Å²) in [6.45, 7) is 2.43. The molecule has 0 amide bonds. The number of para-hydroxylation sites is 1. The van der Waals surface area contributed by atoms with Crippen LogP contribution in [-0.4, -0.2) is 32.9 Å². The predicted molar refractivity (Wildman–Crippen MR) is 120 cm³/mol. The zero-order chi connectivity index (χ0) is 22.0. The smallest absolute Gasteiger partial charge is 0.243 e. The van der Waals surface area contributed by atoms with E-state index in [0.717, 1.165) is 22.3 Å². The zero-order valence-electron chi connectivity index (χ0n) is 17.5. The maximum absolute atomic E-state index is 13.5. The molecule has 1 atom stereocenters. The van der Waals surface area contributed by atoms with Crippen molar-refractivity contribution in [3.63, 3.8) is 0 Å². The fourth-order valence-electron chi connectivity index (χ4n) is 3.96. The lowest BCUT2D eigenvalue weighted by Crippen LogP contribution is -2.38. The molecule has 0 N–H and O–H groups in total. The molecule has 0 aromatic heterocycles. The predicted octanol–water partition coefficient (Wildman–Crippen LogP) is 5.01. The zero-order valence-corrected chi connectivity index (χ0v) is 18.3. The van der Waals surface area contributed by atoms with E-state index in [4.69, 9.17) is 4.74 Å². The normalized spacial score (nSPS) is 17.3. The minimum atomic E-state index is -3.66. The molecule has 4 rings (SSSR count). The van der Waals surface area contributed by atoms with E-state index < -0.39 is 10.0 Å². The van der Waals surface area contributed by atoms with Crippen LogP contribution in [0.1, 0.15) is 22.6 Å². The third-order valence-electron chi connectivity index (χ3n) is 5.63. The van der Waals surface area contributed by atoms with Crippen molar-refractivity contribution in [3.8, 4) is 5.75 Å². The van der Waals surface area contributed by atoms with Crippen LogP contribution in [0.5, 0.6) is 5.75 Å². The van der Waals surface area contributed by atoms with E-state index in [1.807, 2.05) is 37.3 Å². The number of ether oxygens (including phenoxy) is 1. The number of hydrogen-bond acceptors (Lipinski definition) is 3. The molecule has 1 heterocycles. The van der Waals surface area contributed by atoms with Gasteiger partial charge in [-0.3, -0.25) is 0 Å². The van der Waals surface area contributed by atoms with E-state index in [0.29, 0.717) is 5.75 Å². The molecule has 3 aromatic carbocycles. The molecular weight excluding hydrogens is 413 g/mol. The van der Waals surface area contributed by atoms with Crippen LogP contribution in [0.2, 0.25) is 0 Å². The largest absolute Gasteiger partial charge is 0.496 e. The third kappa shape index (κ3) is 4.27. The van der Waals surface area contributed by atoms with Gasteiger partial charge >= 0.3 is 0 Å². The maximum Gasteiger partial charge on any atom is 0.243 e. The summed E-state index contributed by atoms with van der Waals surface area (Å²) in [6, 6.07) is 20.8. The highest BCUT2D eigenvalue weighted by molar-refractivity contribution is 7.89. The van der Waals surface area contributed by atoms with Gasteiger partial charge in [-0.15, -0.1) is 0 Å². The average molecular weight is 438 g/mol. The molecule has 31 heavy (non-hydrogen) atoms. The molecular formula is C25H24FNO3S. The number of rotatable bonds is 5. The van der Waals surface area contributed by atoms with Crippen molar-refractivity contribution in [1.29, 1.82) is 0 Å². The second-order valence-corrected chi connectivity index (χ2v) is 9.53. The Morgan fingerprint density at radius 1 is 0.968 bits per heavy atom. The standard InChI is InChI=1S/C25H24FNO3S/c1-18-7-13-21(14-8-18)31(28,29)27-16-15-22(19-9-11-20(26)12-10-19)24(17-27)23-5-3-4-6-25(23)30-2/h3-15,24H,16-17H2,1-2H3. The number of halogens is 1. The van der Waals surface area contributed by atoms with E-state index in [9.17, 15) is 12.8 Å². The van der Waals surface area contributed by atoms with Crippen molar-refractivity contribution >= 4 is 15.6 Å². The average Bonchev–Trinajstić information content (AvgIpc) is 2.79. The molecule has 160 valence electrons. The molecule has 0 bridgehead atoms. The minimum Gasteiger partial charge on any atom is -0.496 e. The number of aryl methyl sites for hydroxylation is 1. The molecule has 1 aliphatic rings. The van der Waals surface area contributed by atoms with Gasteiger partial charge in [0.15, 0.2) is 0 Å². The number of hydrogen-bond donors (Lipinski definition) is 0. The van der Waals surface area contributed by atoms with Crippen LogP contribution in [-0.2, 0) is 10.0 Å². The lowest BCUT2D eigenvalue weighted by atomic mass is 9.84. The lowest BCUT2D eigenvalue weighted by molar-refractivity contribution is 0.393. The van der Waals surface area contributed by atoms with Gasteiger partial charge in [0, 0.05) is 24.6 Å². The van der Waals surface area contributed by atoms with Crippen LogP contribution in [0.15, 0.2) is 83.8 Å². The Hall–Kier alpha value is -2.96. The summed E-state index contributed by atoms with van der Waals surface area (Å²) in [5.74, 6) is 0.128. The lowest BCUT2D eigenvalue weighted by Gasteiger charge is -2.33. The molecule has 3 aromatic rings. The van der Waals surface area contributed by atoms with Crippen LogP contribution >= 0.6 is 0 Å². The SMILES string of the molecule is COc1ccccc1C1CN(S(=O)(=O)c2ccc(C)cc2)CC=C1c1ccc(F)cc1. The Morgan fingerprint density at radius 3 is 2.32 bits per heavy atom. The highest BCUT2D eigenvalue weighted by atomic mass is 32.2. The molecule has 0 aliphatic carbocycles. The van der Waals surface area contributed by atoms with Gasteiger partial charge in [-0.25, -0.2) is 12.8 Å². The second kappa shape index (κ2) is 8.65. The Balaban J connectivity index is 1.78. The third-order valence-corrected chi connectivity index (χ3v) is 7.47. The summed E-state index contributed by atoms with van der Waals surface area (Å²) in [4.78, 5) is 0.274. The maximum atomic E-state index is 13.5. The van der Waals surface area contributed by atoms with E-state index in [1.165, 1.54) is 16.4 Å².